The Hall–Kier alpha value is -2.56. The fourth-order valence-electron chi connectivity index (χ4n) is 3.44. The van der Waals surface area contributed by atoms with E-state index in [4.69, 9.17) is 9.47 Å². The van der Waals surface area contributed by atoms with Gasteiger partial charge < -0.3 is 14.4 Å². The molecule has 1 amide bonds. The van der Waals surface area contributed by atoms with E-state index >= 15 is 0 Å². The van der Waals surface area contributed by atoms with Crippen LogP contribution in [0.3, 0.4) is 0 Å². The average Bonchev–Trinajstić information content (AvgIpc) is 2.68. The molecule has 0 fully saturated rings. The Bertz CT molecular complexity index is 789. The number of fused-ring (bicyclic) bond motifs is 1. The van der Waals surface area contributed by atoms with Gasteiger partial charge in [0, 0.05) is 18.2 Å². The summed E-state index contributed by atoms with van der Waals surface area (Å²) in [6, 6.07) is 11.8. The summed E-state index contributed by atoms with van der Waals surface area (Å²) in [7, 11) is 0. The molecule has 144 valence electrons. The second kappa shape index (κ2) is 8.42. The lowest BCUT2D eigenvalue weighted by Crippen LogP contribution is -2.44. The van der Waals surface area contributed by atoms with E-state index in [9.17, 15) is 9.18 Å². The molecule has 1 heterocycles. The number of amides is 1. The number of rotatable bonds is 6. The van der Waals surface area contributed by atoms with Gasteiger partial charge in [-0.25, -0.2) is 4.39 Å². The predicted molar refractivity (Wildman–Crippen MR) is 103 cm³/mol. The Balaban J connectivity index is 1.83. The van der Waals surface area contributed by atoms with Crippen molar-refractivity contribution < 1.29 is 18.7 Å². The Morgan fingerprint density at radius 1 is 1.07 bits per heavy atom. The van der Waals surface area contributed by atoms with Crippen LogP contribution < -0.4 is 9.47 Å². The second-order valence-corrected chi connectivity index (χ2v) is 7.09. The minimum atomic E-state index is -0.250. The molecule has 1 aliphatic rings. The first-order chi connectivity index (χ1) is 13.0. The Kier molecular flexibility index (Phi) is 5.99. The van der Waals surface area contributed by atoms with Gasteiger partial charge in [0.2, 0.25) is 0 Å². The first kappa shape index (κ1) is 19.2. The summed E-state index contributed by atoms with van der Waals surface area (Å²) in [5.74, 6) is 1.27. The van der Waals surface area contributed by atoms with Crippen LogP contribution in [0.5, 0.6) is 11.5 Å². The molecule has 5 heteroatoms. The van der Waals surface area contributed by atoms with Gasteiger partial charge in [0.25, 0.3) is 5.91 Å². The smallest absolute Gasteiger partial charge is 0.254 e. The molecule has 2 aromatic carbocycles. The molecule has 1 atom stereocenters. The van der Waals surface area contributed by atoms with Crippen LogP contribution in [0.1, 0.15) is 36.7 Å². The summed E-state index contributed by atoms with van der Waals surface area (Å²) in [6.07, 6.45) is 0.683. The third kappa shape index (κ3) is 4.41. The lowest BCUT2D eigenvalue weighted by Gasteiger charge is -2.34. The largest absolute Gasteiger partial charge is 0.486 e. The zero-order valence-electron chi connectivity index (χ0n) is 16.1. The second-order valence-electron chi connectivity index (χ2n) is 7.09. The molecule has 0 saturated heterocycles. The number of hydrogen-bond donors (Lipinski definition) is 0. The van der Waals surface area contributed by atoms with Crippen molar-refractivity contribution >= 4 is 5.91 Å². The van der Waals surface area contributed by atoms with Crippen molar-refractivity contribution in [2.45, 2.75) is 33.2 Å². The third-order valence-corrected chi connectivity index (χ3v) is 4.92. The predicted octanol–water partition coefficient (Wildman–Crippen LogP) is 4.33. The highest BCUT2D eigenvalue weighted by atomic mass is 19.1. The topological polar surface area (TPSA) is 38.8 Å². The summed E-state index contributed by atoms with van der Waals surface area (Å²) < 4.78 is 24.4. The van der Waals surface area contributed by atoms with Crippen molar-refractivity contribution in [3.8, 4) is 11.5 Å². The molecule has 0 aromatic heterocycles. The lowest BCUT2D eigenvalue weighted by atomic mass is 9.94. The van der Waals surface area contributed by atoms with Crippen molar-refractivity contribution in [1.29, 1.82) is 0 Å². The Morgan fingerprint density at radius 3 is 2.37 bits per heavy atom. The van der Waals surface area contributed by atoms with Gasteiger partial charge in [0.1, 0.15) is 19.0 Å². The molecular weight excluding hydrogens is 345 g/mol. The normalized spacial score (nSPS) is 14.1. The standard InChI is InChI=1S/C22H26FNO3/c1-4-24(19(15(2)3)13-16-5-8-18(23)9-6-16)22(25)17-7-10-20-21(14-17)27-12-11-26-20/h5-10,14-15,19H,4,11-13H2,1-3H3. The van der Waals surface area contributed by atoms with E-state index in [1.54, 1.807) is 30.3 Å². The van der Waals surface area contributed by atoms with Gasteiger partial charge >= 0.3 is 0 Å². The number of benzene rings is 2. The molecule has 1 unspecified atom stereocenters. The first-order valence-corrected chi connectivity index (χ1v) is 9.44. The van der Waals surface area contributed by atoms with E-state index in [1.165, 1.54) is 12.1 Å². The molecule has 27 heavy (non-hydrogen) atoms. The minimum absolute atomic E-state index is 0.0150. The fourth-order valence-corrected chi connectivity index (χ4v) is 3.44. The van der Waals surface area contributed by atoms with Crippen molar-refractivity contribution in [2.24, 2.45) is 5.92 Å². The fraction of sp³-hybridized carbons (Fsp3) is 0.409. The van der Waals surface area contributed by atoms with Gasteiger partial charge in [0.15, 0.2) is 11.5 Å². The highest BCUT2D eigenvalue weighted by molar-refractivity contribution is 5.95. The Labute approximate surface area is 159 Å². The van der Waals surface area contributed by atoms with E-state index < -0.39 is 0 Å². The molecule has 0 N–H and O–H groups in total. The molecule has 2 aromatic rings. The number of hydrogen-bond acceptors (Lipinski definition) is 3. The lowest BCUT2D eigenvalue weighted by molar-refractivity contribution is 0.0637. The molecular formula is C22H26FNO3. The van der Waals surface area contributed by atoms with Gasteiger partial charge in [-0.05, 0) is 55.2 Å². The number of ether oxygens (including phenoxy) is 2. The van der Waals surface area contributed by atoms with E-state index in [0.717, 1.165) is 5.56 Å². The number of carbonyl (C=O) groups is 1. The molecule has 1 aliphatic heterocycles. The average molecular weight is 371 g/mol. The van der Waals surface area contributed by atoms with E-state index in [0.29, 0.717) is 43.2 Å². The van der Waals surface area contributed by atoms with Crippen LogP contribution in [0, 0.1) is 11.7 Å². The minimum Gasteiger partial charge on any atom is -0.486 e. The maximum Gasteiger partial charge on any atom is 0.254 e. The highest BCUT2D eigenvalue weighted by Crippen LogP contribution is 2.31. The number of halogens is 1. The van der Waals surface area contributed by atoms with Crippen LogP contribution in [-0.4, -0.2) is 36.6 Å². The number of likely N-dealkylation sites (N-methyl/N-ethyl adjacent to an activating group) is 1. The number of nitrogens with zero attached hydrogens (tertiary/aromatic N) is 1. The van der Waals surface area contributed by atoms with Gasteiger partial charge in [-0.3, -0.25) is 4.79 Å². The summed E-state index contributed by atoms with van der Waals surface area (Å²) >= 11 is 0. The molecule has 0 radical (unpaired) electrons. The third-order valence-electron chi connectivity index (χ3n) is 4.92. The van der Waals surface area contributed by atoms with E-state index in [2.05, 4.69) is 13.8 Å². The van der Waals surface area contributed by atoms with Gasteiger partial charge in [0.05, 0.1) is 0 Å². The molecule has 0 saturated carbocycles. The summed E-state index contributed by atoms with van der Waals surface area (Å²) in [5, 5.41) is 0. The van der Waals surface area contributed by atoms with Crippen LogP contribution in [0.15, 0.2) is 42.5 Å². The monoisotopic (exact) mass is 371 g/mol. The van der Waals surface area contributed by atoms with Crippen molar-refractivity contribution in [3.05, 3.63) is 59.4 Å². The van der Waals surface area contributed by atoms with Crippen molar-refractivity contribution in [2.75, 3.05) is 19.8 Å². The first-order valence-electron chi connectivity index (χ1n) is 9.44. The number of carbonyl (C=O) groups excluding carboxylic acids is 1. The zero-order valence-corrected chi connectivity index (χ0v) is 16.1. The van der Waals surface area contributed by atoms with E-state index in [1.807, 2.05) is 11.8 Å². The van der Waals surface area contributed by atoms with Gasteiger partial charge in [-0.2, -0.15) is 0 Å². The van der Waals surface area contributed by atoms with Gasteiger partial charge in [-0.15, -0.1) is 0 Å². The maximum absolute atomic E-state index is 13.2. The SMILES string of the molecule is CCN(C(=O)c1ccc2c(c1)OCCO2)C(Cc1ccc(F)cc1)C(C)C. The maximum atomic E-state index is 13.2. The summed E-state index contributed by atoms with van der Waals surface area (Å²) in [5.41, 5.74) is 1.61. The van der Waals surface area contributed by atoms with Crippen LogP contribution in [0.4, 0.5) is 4.39 Å². The summed E-state index contributed by atoms with van der Waals surface area (Å²) in [4.78, 5) is 15.1. The Morgan fingerprint density at radius 2 is 1.74 bits per heavy atom. The van der Waals surface area contributed by atoms with Crippen molar-refractivity contribution in [3.63, 3.8) is 0 Å². The van der Waals surface area contributed by atoms with Crippen molar-refractivity contribution in [1.82, 2.24) is 4.90 Å². The molecule has 4 nitrogen and oxygen atoms in total. The van der Waals surface area contributed by atoms with Crippen LogP contribution >= 0.6 is 0 Å². The molecule has 0 spiro atoms. The highest BCUT2D eigenvalue weighted by Gasteiger charge is 2.27. The van der Waals surface area contributed by atoms with Crippen LogP contribution in [0.25, 0.3) is 0 Å². The summed E-state index contributed by atoms with van der Waals surface area (Å²) in [6.45, 7) is 7.80. The quantitative estimate of drug-likeness (QED) is 0.759. The van der Waals surface area contributed by atoms with Crippen LogP contribution in [0.2, 0.25) is 0 Å². The van der Waals surface area contributed by atoms with Crippen LogP contribution in [-0.2, 0) is 6.42 Å². The van der Waals surface area contributed by atoms with Gasteiger partial charge in [-0.1, -0.05) is 26.0 Å². The zero-order chi connectivity index (χ0) is 19.4. The van der Waals surface area contributed by atoms with E-state index in [-0.39, 0.29) is 23.7 Å². The molecule has 3 rings (SSSR count). The molecule has 0 aliphatic carbocycles. The molecule has 0 bridgehead atoms.